The highest BCUT2D eigenvalue weighted by Gasteiger charge is 2.14. The van der Waals surface area contributed by atoms with Gasteiger partial charge >= 0.3 is 5.97 Å². The highest BCUT2D eigenvalue weighted by molar-refractivity contribution is 5.71. The predicted molar refractivity (Wildman–Crippen MR) is 70.5 cm³/mol. The van der Waals surface area contributed by atoms with Crippen LogP contribution < -0.4 is 4.74 Å². The summed E-state index contributed by atoms with van der Waals surface area (Å²) in [6, 6.07) is 4.99. The van der Waals surface area contributed by atoms with Gasteiger partial charge in [-0.05, 0) is 19.5 Å². The molecule has 0 aromatic heterocycles. The maximum atomic E-state index is 14.0. The van der Waals surface area contributed by atoms with Gasteiger partial charge in [0.05, 0.1) is 20.3 Å². The van der Waals surface area contributed by atoms with Crippen LogP contribution >= 0.6 is 0 Å². The Morgan fingerprint density at radius 2 is 2.11 bits per heavy atom. The van der Waals surface area contributed by atoms with Crippen LogP contribution in [0.15, 0.2) is 18.2 Å². The third-order valence-corrected chi connectivity index (χ3v) is 2.76. The molecule has 1 rings (SSSR count). The Morgan fingerprint density at radius 3 is 2.68 bits per heavy atom. The quantitative estimate of drug-likeness (QED) is 0.711. The molecule has 0 saturated heterocycles. The van der Waals surface area contributed by atoms with E-state index in [1.165, 1.54) is 7.11 Å². The van der Waals surface area contributed by atoms with Crippen molar-refractivity contribution in [1.82, 2.24) is 4.90 Å². The summed E-state index contributed by atoms with van der Waals surface area (Å²) < 4.78 is 23.8. The van der Waals surface area contributed by atoms with Crippen molar-refractivity contribution in [1.29, 1.82) is 0 Å². The number of benzene rings is 1. The molecular formula is C14H20FNO3. The lowest BCUT2D eigenvalue weighted by atomic mass is 10.2. The molecule has 0 saturated carbocycles. The fraction of sp³-hybridized carbons (Fsp3) is 0.500. The van der Waals surface area contributed by atoms with Gasteiger partial charge in [-0.3, -0.25) is 9.69 Å². The first kappa shape index (κ1) is 15.4. The molecule has 106 valence electrons. The first-order chi connectivity index (χ1) is 9.12. The molecule has 0 aliphatic heterocycles. The Labute approximate surface area is 113 Å². The molecule has 5 heteroatoms. The molecule has 0 fully saturated rings. The fourth-order valence-corrected chi connectivity index (χ4v) is 1.75. The molecule has 1 aromatic rings. The summed E-state index contributed by atoms with van der Waals surface area (Å²) in [6.45, 7) is 5.16. The summed E-state index contributed by atoms with van der Waals surface area (Å²) in [5.41, 5.74) is 0.505. The number of esters is 1. The zero-order valence-electron chi connectivity index (χ0n) is 11.6. The van der Waals surface area contributed by atoms with E-state index in [2.05, 4.69) is 0 Å². The average Bonchev–Trinajstić information content (AvgIpc) is 2.40. The van der Waals surface area contributed by atoms with E-state index in [1.54, 1.807) is 25.1 Å². The van der Waals surface area contributed by atoms with Crippen LogP contribution in [-0.4, -0.2) is 37.7 Å². The third kappa shape index (κ3) is 4.52. The van der Waals surface area contributed by atoms with Crippen LogP contribution in [0.1, 0.15) is 19.4 Å². The van der Waals surface area contributed by atoms with Gasteiger partial charge in [-0.1, -0.05) is 19.1 Å². The standard InChI is InChI=1S/C14H20FNO3/c1-4-16(10-13(17)19-5-2)9-11-7-6-8-12(18-3)14(11)15/h6-8H,4-5,9-10H2,1-3H3. The van der Waals surface area contributed by atoms with Crippen LogP contribution in [0, 0.1) is 5.82 Å². The number of carbonyl (C=O) groups is 1. The zero-order chi connectivity index (χ0) is 14.3. The number of hydrogen-bond acceptors (Lipinski definition) is 4. The van der Waals surface area contributed by atoms with Crippen LogP contribution in [0.25, 0.3) is 0 Å². The van der Waals surface area contributed by atoms with E-state index in [1.807, 2.05) is 11.8 Å². The van der Waals surface area contributed by atoms with E-state index >= 15 is 0 Å². The molecule has 0 aliphatic carbocycles. The first-order valence-corrected chi connectivity index (χ1v) is 6.31. The number of rotatable bonds is 7. The lowest BCUT2D eigenvalue weighted by Gasteiger charge is -2.20. The Morgan fingerprint density at radius 1 is 1.37 bits per heavy atom. The molecular weight excluding hydrogens is 249 g/mol. The average molecular weight is 269 g/mol. The summed E-state index contributed by atoms with van der Waals surface area (Å²) in [6.07, 6.45) is 0. The fourth-order valence-electron chi connectivity index (χ4n) is 1.75. The topological polar surface area (TPSA) is 38.8 Å². The number of nitrogens with zero attached hydrogens (tertiary/aromatic N) is 1. The Bertz CT molecular complexity index is 423. The van der Waals surface area contributed by atoms with Crippen molar-refractivity contribution in [3.8, 4) is 5.75 Å². The van der Waals surface area contributed by atoms with Crippen molar-refractivity contribution in [2.75, 3.05) is 26.8 Å². The smallest absolute Gasteiger partial charge is 0.320 e. The maximum absolute atomic E-state index is 14.0. The second-order valence-electron chi connectivity index (χ2n) is 4.04. The number of likely N-dealkylation sites (N-methyl/N-ethyl adjacent to an activating group) is 1. The van der Waals surface area contributed by atoms with Crippen molar-refractivity contribution in [3.63, 3.8) is 0 Å². The first-order valence-electron chi connectivity index (χ1n) is 6.31. The van der Waals surface area contributed by atoms with Gasteiger partial charge in [-0.2, -0.15) is 0 Å². The third-order valence-electron chi connectivity index (χ3n) is 2.76. The summed E-state index contributed by atoms with van der Waals surface area (Å²) in [5.74, 6) is -0.468. The SMILES string of the molecule is CCOC(=O)CN(CC)Cc1cccc(OC)c1F. The van der Waals surface area contributed by atoms with E-state index in [0.717, 1.165) is 0 Å². The van der Waals surface area contributed by atoms with Gasteiger partial charge < -0.3 is 9.47 Å². The number of methoxy groups -OCH3 is 1. The minimum atomic E-state index is -0.382. The second-order valence-corrected chi connectivity index (χ2v) is 4.04. The van der Waals surface area contributed by atoms with E-state index in [-0.39, 0.29) is 24.1 Å². The highest BCUT2D eigenvalue weighted by atomic mass is 19.1. The molecule has 1 aromatic carbocycles. The molecule has 0 atom stereocenters. The van der Waals surface area contributed by atoms with Crippen molar-refractivity contribution in [2.24, 2.45) is 0 Å². The summed E-state index contributed by atoms with van der Waals surface area (Å²) in [7, 11) is 1.43. The van der Waals surface area contributed by atoms with Gasteiger partial charge in [0.1, 0.15) is 0 Å². The zero-order valence-corrected chi connectivity index (χ0v) is 11.6. The second kappa shape index (κ2) is 7.74. The van der Waals surface area contributed by atoms with Gasteiger partial charge in [-0.25, -0.2) is 4.39 Å². The van der Waals surface area contributed by atoms with Crippen molar-refractivity contribution in [2.45, 2.75) is 20.4 Å². The largest absolute Gasteiger partial charge is 0.494 e. The van der Waals surface area contributed by atoms with Gasteiger partial charge in [-0.15, -0.1) is 0 Å². The molecule has 0 bridgehead atoms. The molecule has 4 nitrogen and oxygen atoms in total. The molecule has 0 spiro atoms. The van der Waals surface area contributed by atoms with Gasteiger partial charge in [0.15, 0.2) is 11.6 Å². The van der Waals surface area contributed by atoms with Crippen LogP contribution in [0.2, 0.25) is 0 Å². The Hall–Kier alpha value is -1.62. The number of halogens is 1. The minimum absolute atomic E-state index is 0.154. The molecule has 0 heterocycles. The molecule has 0 N–H and O–H groups in total. The number of carbonyl (C=O) groups excluding carboxylic acids is 1. The van der Waals surface area contributed by atoms with Crippen LogP contribution in [0.4, 0.5) is 4.39 Å². The lowest BCUT2D eigenvalue weighted by Crippen LogP contribution is -2.30. The predicted octanol–water partition coefficient (Wildman–Crippen LogP) is 2.22. The molecule has 0 radical (unpaired) electrons. The van der Waals surface area contributed by atoms with E-state index in [0.29, 0.717) is 25.3 Å². The molecule has 0 aliphatic rings. The molecule has 0 unspecified atom stereocenters. The van der Waals surface area contributed by atoms with Gasteiger partial charge in [0.2, 0.25) is 0 Å². The van der Waals surface area contributed by atoms with Crippen molar-refractivity contribution >= 4 is 5.97 Å². The summed E-state index contributed by atoms with van der Waals surface area (Å²) in [5, 5.41) is 0. The number of ether oxygens (including phenoxy) is 2. The monoisotopic (exact) mass is 269 g/mol. The Kier molecular flexibility index (Phi) is 6.29. The molecule has 19 heavy (non-hydrogen) atoms. The van der Waals surface area contributed by atoms with Crippen molar-refractivity contribution in [3.05, 3.63) is 29.6 Å². The van der Waals surface area contributed by atoms with Crippen molar-refractivity contribution < 1.29 is 18.7 Å². The lowest BCUT2D eigenvalue weighted by molar-refractivity contribution is -0.144. The normalized spacial score (nSPS) is 10.6. The highest BCUT2D eigenvalue weighted by Crippen LogP contribution is 2.21. The molecule has 0 amide bonds. The minimum Gasteiger partial charge on any atom is -0.494 e. The van der Waals surface area contributed by atoms with Crippen LogP contribution in [-0.2, 0) is 16.1 Å². The van der Waals surface area contributed by atoms with E-state index in [4.69, 9.17) is 9.47 Å². The summed E-state index contributed by atoms with van der Waals surface area (Å²) >= 11 is 0. The van der Waals surface area contributed by atoms with E-state index in [9.17, 15) is 9.18 Å². The summed E-state index contributed by atoms with van der Waals surface area (Å²) in [4.78, 5) is 13.2. The van der Waals surface area contributed by atoms with Gasteiger partial charge in [0, 0.05) is 12.1 Å². The Balaban J connectivity index is 2.73. The maximum Gasteiger partial charge on any atom is 0.320 e. The number of hydrogen-bond donors (Lipinski definition) is 0. The van der Waals surface area contributed by atoms with Gasteiger partial charge in [0.25, 0.3) is 0 Å². The van der Waals surface area contributed by atoms with Crippen LogP contribution in [0.3, 0.4) is 0 Å². The van der Waals surface area contributed by atoms with Crippen LogP contribution in [0.5, 0.6) is 5.75 Å². The van der Waals surface area contributed by atoms with E-state index < -0.39 is 0 Å².